The Kier molecular flexibility index (Phi) is 3.72. The summed E-state index contributed by atoms with van der Waals surface area (Å²) in [6, 6.07) is 4.61. The van der Waals surface area contributed by atoms with Gasteiger partial charge in [0.2, 0.25) is 0 Å². The molecule has 0 bridgehead atoms. The topological polar surface area (TPSA) is 104 Å². The van der Waals surface area contributed by atoms with Crippen LogP contribution in [-0.2, 0) is 11.2 Å². The molecule has 126 valence electrons. The molecule has 0 radical (unpaired) electrons. The second-order valence-electron chi connectivity index (χ2n) is 6.38. The van der Waals surface area contributed by atoms with Gasteiger partial charge in [-0.05, 0) is 30.0 Å². The van der Waals surface area contributed by atoms with E-state index < -0.39 is 11.4 Å². The number of ketones is 2. The number of fused-ring (bicyclic) bond motifs is 2. The molecule has 3 N–H and O–H groups in total. The third-order valence-electron chi connectivity index (χ3n) is 4.35. The molecule has 0 aromatic heterocycles. The minimum absolute atomic E-state index is 0.0785. The number of hydrogen-bond acceptors (Lipinski definition) is 6. The lowest BCUT2D eigenvalue weighted by atomic mass is 9.76. The SMILES string of the molecule is COc1cc(O)c2c(O)c3c(cc2c1)C[C@](O)(CC(C)=O)CC3=O. The first-order chi connectivity index (χ1) is 11.2. The van der Waals surface area contributed by atoms with Crippen LogP contribution in [-0.4, -0.2) is 39.6 Å². The smallest absolute Gasteiger partial charge is 0.169 e. The molecule has 0 saturated carbocycles. The molecule has 2 aromatic carbocycles. The first-order valence-corrected chi connectivity index (χ1v) is 7.54. The molecule has 0 unspecified atom stereocenters. The van der Waals surface area contributed by atoms with Gasteiger partial charge in [0.05, 0.1) is 23.7 Å². The number of phenols is 2. The van der Waals surface area contributed by atoms with Crippen LogP contribution in [0, 0.1) is 0 Å². The molecule has 0 spiro atoms. The van der Waals surface area contributed by atoms with Gasteiger partial charge >= 0.3 is 0 Å². The molecule has 24 heavy (non-hydrogen) atoms. The summed E-state index contributed by atoms with van der Waals surface area (Å²) < 4.78 is 5.10. The zero-order chi connectivity index (χ0) is 17.6. The number of ether oxygens (including phenoxy) is 1. The minimum atomic E-state index is -1.45. The monoisotopic (exact) mass is 330 g/mol. The fraction of sp³-hybridized carbons (Fsp3) is 0.333. The van der Waals surface area contributed by atoms with E-state index in [9.17, 15) is 24.9 Å². The Bertz CT molecular complexity index is 870. The predicted molar refractivity (Wildman–Crippen MR) is 86.7 cm³/mol. The number of carbonyl (C=O) groups excluding carboxylic acids is 2. The van der Waals surface area contributed by atoms with Crippen LogP contribution in [0.3, 0.4) is 0 Å². The number of phenolic OH excluding ortho intramolecular Hbond substituents is 2. The van der Waals surface area contributed by atoms with Crippen molar-refractivity contribution in [2.75, 3.05) is 7.11 Å². The third-order valence-corrected chi connectivity index (χ3v) is 4.35. The number of rotatable bonds is 3. The van der Waals surface area contributed by atoms with Crippen molar-refractivity contribution >= 4 is 22.3 Å². The lowest BCUT2D eigenvalue weighted by molar-refractivity contribution is -0.121. The van der Waals surface area contributed by atoms with Crippen molar-refractivity contribution in [1.82, 2.24) is 0 Å². The van der Waals surface area contributed by atoms with Crippen LogP contribution in [0.1, 0.15) is 35.7 Å². The summed E-state index contributed by atoms with van der Waals surface area (Å²) in [6.45, 7) is 1.36. The minimum Gasteiger partial charge on any atom is -0.507 e. The average molecular weight is 330 g/mol. The van der Waals surface area contributed by atoms with Crippen molar-refractivity contribution < 1.29 is 29.6 Å². The quantitative estimate of drug-likeness (QED) is 0.796. The number of benzene rings is 2. The molecule has 0 saturated heterocycles. The Morgan fingerprint density at radius 2 is 1.96 bits per heavy atom. The van der Waals surface area contributed by atoms with Gasteiger partial charge in [-0.1, -0.05) is 0 Å². The Balaban J connectivity index is 2.22. The van der Waals surface area contributed by atoms with Gasteiger partial charge in [-0.2, -0.15) is 0 Å². The Morgan fingerprint density at radius 1 is 1.25 bits per heavy atom. The van der Waals surface area contributed by atoms with Crippen LogP contribution in [0.5, 0.6) is 17.2 Å². The van der Waals surface area contributed by atoms with Crippen molar-refractivity contribution in [3.05, 3.63) is 29.3 Å². The van der Waals surface area contributed by atoms with E-state index in [1.807, 2.05) is 0 Å². The van der Waals surface area contributed by atoms with E-state index in [0.29, 0.717) is 16.7 Å². The zero-order valence-electron chi connectivity index (χ0n) is 13.4. The Hall–Kier alpha value is -2.60. The van der Waals surface area contributed by atoms with Gasteiger partial charge in [0.1, 0.15) is 23.0 Å². The first-order valence-electron chi connectivity index (χ1n) is 7.54. The lowest BCUT2D eigenvalue weighted by Gasteiger charge is -2.32. The van der Waals surface area contributed by atoms with E-state index in [-0.39, 0.29) is 47.5 Å². The van der Waals surface area contributed by atoms with Gasteiger partial charge in [-0.25, -0.2) is 0 Å². The molecule has 1 aliphatic rings. The summed E-state index contributed by atoms with van der Waals surface area (Å²) >= 11 is 0. The van der Waals surface area contributed by atoms with Crippen LogP contribution < -0.4 is 4.74 Å². The number of Topliss-reactive ketones (excluding diaryl/α,β-unsaturated/α-hetero) is 2. The van der Waals surface area contributed by atoms with Crippen molar-refractivity contribution in [3.8, 4) is 17.2 Å². The van der Waals surface area contributed by atoms with Gasteiger partial charge < -0.3 is 20.1 Å². The summed E-state index contributed by atoms with van der Waals surface area (Å²) in [4.78, 5) is 23.8. The summed E-state index contributed by atoms with van der Waals surface area (Å²) in [6.07, 6.45) is -0.287. The lowest BCUT2D eigenvalue weighted by Crippen LogP contribution is -2.40. The van der Waals surface area contributed by atoms with Crippen molar-refractivity contribution in [2.45, 2.75) is 31.8 Å². The molecule has 0 fully saturated rings. The fourth-order valence-electron chi connectivity index (χ4n) is 3.49. The van der Waals surface area contributed by atoms with Crippen molar-refractivity contribution in [1.29, 1.82) is 0 Å². The number of carbonyl (C=O) groups is 2. The van der Waals surface area contributed by atoms with E-state index >= 15 is 0 Å². The van der Waals surface area contributed by atoms with Crippen LogP contribution in [0.25, 0.3) is 10.8 Å². The normalized spacial score (nSPS) is 20.0. The zero-order valence-corrected chi connectivity index (χ0v) is 13.4. The highest BCUT2D eigenvalue weighted by atomic mass is 16.5. The van der Waals surface area contributed by atoms with Gasteiger partial charge in [0.15, 0.2) is 5.78 Å². The Labute approximate surface area is 138 Å². The summed E-state index contributed by atoms with van der Waals surface area (Å²) in [5, 5.41) is 31.9. The average Bonchev–Trinajstić information content (AvgIpc) is 2.43. The predicted octanol–water partition coefficient (Wildman–Crippen LogP) is 2.10. The summed E-state index contributed by atoms with van der Waals surface area (Å²) in [5.74, 6) is -0.757. The van der Waals surface area contributed by atoms with Crippen LogP contribution in [0.2, 0.25) is 0 Å². The number of aromatic hydroxyl groups is 2. The molecule has 1 aliphatic carbocycles. The Morgan fingerprint density at radius 3 is 2.58 bits per heavy atom. The summed E-state index contributed by atoms with van der Waals surface area (Å²) in [5.41, 5.74) is -0.902. The molecule has 0 aliphatic heterocycles. The molecule has 6 heteroatoms. The van der Waals surface area contributed by atoms with Gasteiger partial charge in [0, 0.05) is 25.3 Å². The van der Waals surface area contributed by atoms with E-state index in [2.05, 4.69) is 0 Å². The second-order valence-corrected chi connectivity index (χ2v) is 6.38. The van der Waals surface area contributed by atoms with Crippen molar-refractivity contribution in [2.24, 2.45) is 0 Å². The van der Waals surface area contributed by atoms with E-state index in [4.69, 9.17) is 4.74 Å². The number of methoxy groups -OCH3 is 1. The molecule has 0 heterocycles. The standard InChI is InChI=1S/C18H18O6/c1-9(19)6-18(23)7-11-3-10-4-12(24-2)5-13(20)15(10)17(22)16(11)14(21)8-18/h3-5,20,22-23H,6-8H2,1-2H3/t18-/m1/s1. The summed E-state index contributed by atoms with van der Waals surface area (Å²) in [7, 11) is 1.45. The largest absolute Gasteiger partial charge is 0.507 e. The van der Waals surface area contributed by atoms with Gasteiger partial charge in [-0.3, -0.25) is 9.59 Å². The highest BCUT2D eigenvalue weighted by Crippen LogP contribution is 2.44. The van der Waals surface area contributed by atoms with Crippen LogP contribution in [0.15, 0.2) is 18.2 Å². The van der Waals surface area contributed by atoms with E-state index in [1.54, 1.807) is 12.1 Å². The molecule has 2 aromatic rings. The molecular formula is C18H18O6. The highest BCUT2D eigenvalue weighted by Gasteiger charge is 2.39. The molecule has 3 rings (SSSR count). The van der Waals surface area contributed by atoms with Gasteiger partial charge in [0.25, 0.3) is 0 Å². The molecule has 6 nitrogen and oxygen atoms in total. The first kappa shape index (κ1) is 16.3. The van der Waals surface area contributed by atoms with Crippen LogP contribution >= 0.6 is 0 Å². The maximum absolute atomic E-state index is 12.4. The number of aliphatic hydroxyl groups is 1. The maximum Gasteiger partial charge on any atom is 0.169 e. The highest BCUT2D eigenvalue weighted by molar-refractivity contribution is 6.09. The molecule has 0 amide bonds. The fourth-order valence-corrected chi connectivity index (χ4v) is 3.49. The third kappa shape index (κ3) is 2.59. The van der Waals surface area contributed by atoms with Crippen molar-refractivity contribution in [3.63, 3.8) is 0 Å². The van der Waals surface area contributed by atoms with Gasteiger partial charge in [-0.15, -0.1) is 0 Å². The molecule has 1 atom stereocenters. The maximum atomic E-state index is 12.4. The second kappa shape index (κ2) is 5.49. The molecular weight excluding hydrogens is 312 g/mol. The van der Waals surface area contributed by atoms with E-state index in [0.717, 1.165) is 0 Å². The number of hydrogen-bond donors (Lipinski definition) is 3. The van der Waals surface area contributed by atoms with Crippen LogP contribution in [0.4, 0.5) is 0 Å². The van der Waals surface area contributed by atoms with E-state index in [1.165, 1.54) is 20.1 Å².